The van der Waals surface area contributed by atoms with Gasteiger partial charge in [0.25, 0.3) is 0 Å². The van der Waals surface area contributed by atoms with Gasteiger partial charge in [-0.05, 0) is 25.1 Å². The van der Waals surface area contributed by atoms with Crippen molar-refractivity contribution in [3.63, 3.8) is 0 Å². The molecule has 2 N–H and O–H groups in total. The van der Waals surface area contributed by atoms with E-state index in [9.17, 15) is 9.90 Å². The highest BCUT2D eigenvalue weighted by Crippen LogP contribution is 2.28. The maximum Gasteiger partial charge on any atom is 0.248 e. The molecule has 4 nitrogen and oxygen atoms in total. The summed E-state index contributed by atoms with van der Waals surface area (Å²) < 4.78 is 4.88. The molecule has 1 aromatic carbocycles. The molecular weight excluding hydrogens is 194 g/mol. The van der Waals surface area contributed by atoms with Crippen LogP contribution in [0.5, 0.6) is 11.5 Å². The van der Waals surface area contributed by atoms with Crippen molar-refractivity contribution in [2.24, 2.45) is 0 Å². The maximum absolute atomic E-state index is 11.2. The van der Waals surface area contributed by atoms with Gasteiger partial charge in [0, 0.05) is 11.8 Å². The summed E-state index contributed by atoms with van der Waals surface area (Å²) >= 11 is 0. The van der Waals surface area contributed by atoms with Crippen molar-refractivity contribution >= 4 is 11.6 Å². The smallest absolute Gasteiger partial charge is 0.248 e. The normalized spacial score (nSPS) is 10.3. The molecule has 0 aromatic heterocycles. The Balaban J connectivity index is 2.79. The van der Waals surface area contributed by atoms with Gasteiger partial charge >= 0.3 is 0 Å². The van der Waals surface area contributed by atoms with Gasteiger partial charge in [-0.15, -0.1) is 0 Å². The summed E-state index contributed by atoms with van der Waals surface area (Å²) in [5.41, 5.74) is 0.524. The minimum absolute atomic E-state index is 0.00391. The lowest BCUT2D eigenvalue weighted by molar-refractivity contribution is -0.111. The van der Waals surface area contributed by atoms with Crippen molar-refractivity contribution in [3.05, 3.63) is 30.4 Å². The SMILES string of the molecule is C/C=C/C(=O)Nc1ccc(OC)c(O)c1. The summed E-state index contributed by atoms with van der Waals surface area (Å²) in [6, 6.07) is 4.67. The number of methoxy groups -OCH3 is 1. The van der Waals surface area contributed by atoms with E-state index in [-0.39, 0.29) is 11.7 Å². The standard InChI is InChI=1S/C11H13NO3/c1-3-4-11(14)12-8-5-6-10(15-2)9(13)7-8/h3-7,13H,1-2H3,(H,12,14)/b4-3+. The Labute approximate surface area is 88.2 Å². The number of aromatic hydroxyl groups is 1. The molecule has 4 heteroatoms. The first-order valence-electron chi connectivity index (χ1n) is 4.48. The Kier molecular flexibility index (Phi) is 3.74. The molecule has 80 valence electrons. The predicted octanol–water partition coefficient (Wildman–Crippen LogP) is 1.92. The summed E-state index contributed by atoms with van der Waals surface area (Å²) in [7, 11) is 1.47. The van der Waals surface area contributed by atoms with Gasteiger partial charge in [-0.3, -0.25) is 4.79 Å². The molecule has 0 aliphatic carbocycles. The molecular formula is C11H13NO3. The number of carbonyl (C=O) groups excluding carboxylic acids is 1. The molecule has 0 aliphatic rings. The monoisotopic (exact) mass is 207 g/mol. The topological polar surface area (TPSA) is 58.6 Å². The fraction of sp³-hybridized carbons (Fsp3) is 0.182. The average Bonchev–Trinajstić information content (AvgIpc) is 2.18. The van der Waals surface area contributed by atoms with E-state index in [2.05, 4.69) is 5.32 Å². The maximum atomic E-state index is 11.2. The van der Waals surface area contributed by atoms with Gasteiger partial charge in [-0.25, -0.2) is 0 Å². The second-order valence-electron chi connectivity index (χ2n) is 2.88. The summed E-state index contributed by atoms with van der Waals surface area (Å²) in [4.78, 5) is 11.2. The van der Waals surface area contributed by atoms with Gasteiger partial charge in [0.05, 0.1) is 7.11 Å². The molecule has 0 heterocycles. The molecule has 15 heavy (non-hydrogen) atoms. The summed E-state index contributed by atoms with van der Waals surface area (Å²) in [6.45, 7) is 1.76. The number of phenolic OH excluding ortho intramolecular Hbond substituents is 1. The van der Waals surface area contributed by atoms with Crippen LogP contribution in [-0.4, -0.2) is 18.1 Å². The third kappa shape index (κ3) is 3.02. The molecule has 0 saturated heterocycles. The van der Waals surface area contributed by atoms with Gasteiger partial charge in [-0.1, -0.05) is 6.08 Å². The number of nitrogens with one attached hydrogen (secondary N) is 1. The van der Waals surface area contributed by atoms with Crippen LogP contribution in [0.4, 0.5) is 5.69 Å². The van der Waals surface area contributed by atoms with E-state index >= 15 is 0 Å². The lowest BCUT2D eigenvalue weighted by atomic mass is 10.2. The number of ether oxygens (including phenoxy) is 1. The molecule has 1 amide bonds. The highest BCUT2D eigenvalue weighted by molar-refractivity contribution is 5.99. The number of benzene rings is 1. The van der Waals surface area contributed by atoms with Gasteiger partial charge < -0.3 is 15.2 Å². The first-order chi connectivity index (χ1) is 7.17. The molecule has 0 spiro atoms. The summed E-state index contributed by atoms with van der Waals surface area (Å²) in [5, 5.41) is 12.0. The Morgan fingerprint density at radius 1 is 1.53 bits per heavy atom. The summed E-state index contributed by atoms with van der Waals surface area (Å²) in [5.74, 6) is 0.136. The van der Waals surface area contributed by atoms with Crippen molar-refractivity contribution in [1.82, 2.24) is 0 Å². The quantitative estimate of drug-likeness (QED) is 0.744. The van der Waals surface area contributed by atoms with Crippen molar-refractivity contribution in [2.45, 2.75) is 6.92 Å². The number of hydrogen-bond donors (Lipinski definition) is 2. The zero-order valence-electron chi connectivity index (χ0n) is 8.65. The number of hydrogen-bond acceptors (Lipinski definition) is 3. The third-order valence-corrected chi connectivity index (χ3v) is 1.76. The van der Waals surface area contributed by atoms with Gasteiger partial charge in [0.2, 0.25) is 5.91 Å². The van der Waals surface area contributed by atoms with E-state index in [1.54, 1.807) is 25.1 Å². The van der Waals surface area contributed by atoms with Crippen LogP contribution in [0.15, 0.2) is 30.4 Å². The molecule has 0 radical (unpaired) electrons. The van der Waals surface area contributed by atoms with Crippen LogP contribution < -0.4 is 10.1 Å². The fourth-order valence-electron chi connectivity index (χ4n) is 1.10. The number of rotatable bonds is 3. The molecule has 0 saturated carbocycles. The van der Waals surface area contributed by atoms with Crippen molar-refractivity contribution in [1.29, 1.82) is 0 Å². The van der Waals surface area contributed by atoms with Crippen LogP contribution in [0.25, 0.3) is 0 Å². The average molecular weight is 207 g/mol. The number of carbonyl (C=O) groups is 1. The summed E-state index contributed by atoms with van der Waals surface area (Å²) in [6.07, 6.45) is 3.04. The van der Waals surface area contributed by atoms with Crippen LogP contribution >= 0.6 is 0 Å². The van der Waals surface area contributed by atoms with E-state index in [4.69, 9.17) is 4.74 Å². The van der Waals surface area contributed by atoms with Crippen molar-refractivity contribution in [3.8, 4) is 11.5 Å². The van der Waals surface area contributed by atoms with E-state index in [0.29, 0.717) is 11.4 Å². The van der Waals surface area contributed by atoms with Crippen molar-refractivity contribution < 1.29 is 14.6 Å². The van der Waals surface area contributed by atoms with Gasteiger partial charge in [0.15, 0.2) is 11.5 Å². The predicted molar refractivity (Wildman–Crippen MR) is 58.1 cm³/mol. The molecule has 1 rings (SSSR count). The first kappa shape index (κ1) is 11.1. The van der Waals surface area contributed by atoms with Gasteiger partial charge in [0.1, 0.15) is 0 Å². The molecule has 0 fully saturated rings. The van der Waals surface area contributed by atoms with Crippen LogP contribution in [-0.2, 0) is 4.79 Å². The lowest BCUT2D eigenvalue weighted by Gasteiger charge is -2.06. The second kappa shape index (κ2) is 5.05. The van der Waals surface area contributed by atoms with E-state index in [1.165, 1.54) is 19.3 Å². The Morgan fingerprint density at radius 3 is 2.80 bits per heavy atom. The van der Waals surface area contributed by atoms with Gasteiger partial charge in [-0.2, -0.15) is 0 Å². The minimum Gasteiger partial charge on any atom is -0.504 e. The Hall–Kier alpha value is -1.97. The highest BCUT2D eigenvalue weighted by Gasteiger charge is 2.03. The highest BCUT2D eigenvalue weighted by atomic mass is 16.5. The number of anilines is 1. The van der Waals surface area contributed by atoms with Crippen LogP contribution in [0.2, 0.25) is 0 Å². The third-order valence-electron chi connectivity index (χ3n) is 1.76. The van der Waals surface area contributed by atoms with E-state index in [0.717, 1.165) is 0 Å². The molecule has 0 unspecified atom stereocenters. The number of allylic oxidation sites excluding steroid dienone is 1. The number of phenols is 1. The Bertz CT molecular complexity index is 385. The second-order valence-corrected chi connectivity index (χ2v) is 2.88. The lowest BCUT2D eigenvalue weighted by Crippen LogP contribution is -2.07. The molecule has 0 aliphatic heterocycles. The number of amides is 1. The fourth-order valence-corrected chi connectivity index (χ4v) is 1.10. The molecule has 0 bridgehead atoms. The zero-order chi connectivity index (χ0) is 11.3. The largest absolute Gasteiger partial charge is 0.504 e. The van der Waals surface area contributed by atoms with Crippen LogP contribution in [0.3, 0.4) is 0 Å². The van der Waals surface area contributed by atoms with Crippen molar-refractivity contribution in [2.75, 3.05) is 12.4 Å². The minimum atomic E-state index is -0.234. The Morgan fingerprint density at radius 2 is 2.27 bits per heavy atom. The van der Waals surface area contributed by atoms with Crippen LogP contribution in [0, 0.1) is 0 Å². The molecule has 1 aromatic rings. The zero-order valence-corrected chi connectivity index (χ0v) is 8.65. The van der Waals surface area contributed by atoms with E-state index in [1.807, 2.05) is 0 Å². The van der Waals surface area contributed by atoms with Crippen LogP contribution in [0.1, 0.15) is 6.92 Å². The first-order valence-corrected chi connectivity index (χ1v) is 4.48. The van der Waals surface area contributed by atoms with E-state index < -0.39 is 0 Å². The molecule has 0 atom stereocenters.